The van der Waals surface area contributed by atoms with Gasteiger partial charge in [-0.2, -0.15) is 0 Å². The second kappa shape index (κ2) is 6.57. The Balaban J connectivity index is 1.70. The lowest BCUT2D eigenvalue weighted by atomic mass is 9.94. The molecule has 138 valence electrons. The SMILES string of the molecule is Cc1cc(-c2ccccc2)c2c(n1)C1=C(OO2)C(c2ccccc2)=CC(C)N1. The fraction of sp³-hybridized carbons (Fsp3) is 0.125. The van der Waals surface area contributed by atoms with Crippen molar-refractivity contribution in [2.45, 2.75) is 19.9 Å². The van der Waals surface area contributed by atoms with Crippen LogP contribution < -0.4 is 10.2 Å². The third-order valence-electron chi connectivity index (χ3n) is 4.98. The minimum atomic E-state index is 0.144. The first-order chi connectivity index (χ1) is 13.7. The molecule has 3 aromatic rings. The van der Waals surface area contributed by atoms with Gasteiger partial charge in [-0.3, -0.25) is 9.78 Å². The van der Waals surface area contributed by atoms with Crippen molar-refractivity contribution in [3.05, 3.63) is 95.5 Å². The number of aromatic nitrogens is 1. The summed E-state index contributed by atoms with van der Waals surface area (Å²) >= 11 is 0. The van der Waals surface area contributed by atoms with Crippen molar-refractivity contribution in [1.82, 2.24) is 10.3 Å². The summed E-state index contributed by atoms with van der Waals surface area (Å²) in [6.45, 7) is 4.12. The molecule has 0 bridgehead atoms. The molecule has 28 heavy (non-hydrogen) atoms. The second-order valence-corrected chi connectivity index (χ2v) is 7.11. The van der Waals surface area contributed by atoms with Gasteiger partial charge >= 0.3 is 0 Å². The van der Waals surface area contributed by atoms with Crippen LogP contribution in [0.4, 0.5) is 0 Å². The number of nitrogens with one attached hydrogen (secondary N) is 1. The first-order valence-electron chi connectivity index (χ1n) is 9.41. The average molecular weight is 368 g/mol. The van der Waals surface area contributed by atoms with Crippen LogP contribution >= 0.6 is 0 Å². The molecule has 2 aliphatic heterocycles. The van der Waals surface area contributed by atoms with Crippen LogP contribution in [0.25, 0.3) is 22.4 Å². The van der Waals surface area contributed by atoms with Gasteiger partial charge in [-0.15, -0.1) is 0 Å². The molecule has 0 radical (unpaired) electrons. The smallest absolute Gasteiger partial charge is 0.214 e. The van der Waals surface area contributed by atoms with E-state index in [2.05, 4.69) is 42.6 Å². The van der Waals surface area contributed by atoms with E-state index in [4.69, 9.17) is 14.8 Å². The molecule has 2 aliphatic rings. The number of rotatable bonds is 2. The summed E-state index contributed by atoms with van der Waals surface area (Å²) in [6.07, 6.45) is 2.15. The van der Waals surface area contributed by atoms with Crippen molar-refractivity contribution in [3.63, 3.8) is 0 Å². The monoisotopic (exact) mass is 368 g/mol. The highest BCUT2D eigenvalue weighted by atomic mass is 17.2. The van der Waals surface area contributed by atoms with Gasteiger partial charge in [-0.05, 0) is 31.0 Å². The summed E-state index contributed by atoms with van der Waals surface area (Å²) in [7, 11) is 0. The van der Waals surface area contributed by atoms with Crippen LogP contribution in [0.15, 0.2) is 78.6 Å². The van der Waals surface area contributed by atoms with E-state index in [1.807, 2.05) is 49.4 Å². The molecule has 3 heterocycles. The highest BCUT2D eigenvalue weighted by Crippen LogP contribution is 2.44. The molecule has 0 aliphatic carbocycles. The molecule has 0 amide bonds. The summed E-state index contributed by atoms with van der Waals surface area (Å²) in [5.41, 5.74) is 6.73. The van der Waals surface area contributed by atoms with Crippen LogP contribution in [0.2, 0.25) is 0 Å². The zero-order valence-electron chi connectivity index (χ0n) is 15.8. The molecule has 1 N–H and O–H groups in total. The summed E-state index contributed by atoms with van der Waals surface area (Å²) in [5.74, 6) is 1.32. The fourth-order valence-corrected chi connectivity index (χ4v) is 3.73. The summed E-state index contributed by atoms with van der Waals surface area (Å²) < 4.78 is 0. The number of fused-ring (bicyclic) bond motifs is 2. The van der Waals surface area contributed by atoms with Crippen molar-refractivity contribution < 1.29 is 9.78 Å². The molecule has 1 aromatic heterocycles. The third kappa shape index (κ3) is 2.74. The molecule has 0 saturated heterocycles. The highest BCUT2D eigenvalue weighted by Gasteiger charge is 2.33. The van der Waals surface area contributed by atoms with Gasteiger partial charge < -0.3 is 5.32 Å². The zero-order chi connectivity index (χ0) is 19.1. The fourth-order valence-electron chi connectivity index (χ4n) is 3.73. The van der Waals surface area contributed by atoms with Crippen LogP contribution in [-0.4, -0.2) is 11.0 Å². The number of allylic oxidation sites excluding steroid dienone is 1. The van der Waals surface area contributed by atoms with E-state index in [1.165, 1.54) is 0 Å². The number of benzene rings is 2. The van der Waals surface area contributed by atoms with Gasteiger partial charge in [0, 0.05) is 22.9 Å². The van der Waals surface area contributed by atoms with E-state index < -0.39 is 0 Å². The van der Waals surface area contributed by atoms with Crippen LogP contribution in [0.3, 0.4) is 0 Å². The van der Waals surface area contributed by atoms with E-state index >= 15 is 0 Å². The van der Waals surface area contributed by atoms with Crippen LogP contribution in [0.5, 0.6) is 5.75 Å². The maximum Gasteiger partial charge on any atom is 0.214 e. The Hall–Kier alpha value is -3.53. The van der Waals surface area contributed by atoms with E-state index in [-0.39, 0.29) is 6.04 Å². The summed E-state index contributed by atoms with van der Waals surface area (Å²) in [5, 5.41) is 3.52. The van der Waals surface area contributed by atoms with Gasteiger partial charge in [0.15, 0.2) is 0 Å². The van der Waals surface area contributed by atoms with E-state index in [1.54, 1.807) is 0 Å². The predicted octanol–water partition coefficient (Wildman–Crippen LogP) is 5.12. The quantitative estimate of drug-likeness (QED) is 0.637. The largest absolute Gasteiger partial charge is 0.374 e. The van der Waals surface area contributed by atoms with Crippen molar-refractivity contribution in [1.29, 1.82) is 0 Å². The first-order valence-corrected chi connectivity index (χ1v) is 9.41. The van der Waals surface area contributed by atoms with Gasteiger partial charge in [-0.1, -0.05) is 66.7 Å². The van der Waals surface area contributed by atoms with E-state index in [0.717, 1.165) is 39.3 Å². The minimum absolute atomic E-state index is 0.144. The molecule has 2 aromatic carbocycles. The maximum atomic E-state index is 5.83. The summed E-state index contributed by atoms with van der Waals surface area (Å²) in [4.78, 5) is 16.4. The lowest BCUT2D eigenvalue weighted by molar-refractivity contribution is -0.163. The van der Waals surface area contributed by atoms with Crippen molar-refractivity contribution in [2.75, 3.05) is 0 Å². The Morgan fingerprint density at radius 1 is 0.893 bits per heavy atom. The predicted molar refractivity (Wildman–Crippen MR) is 110 cm³/mol. The molecule has 1 atom stereocenters. The molecular weight excluding hydrogens is 348 g/mol. The van der Waals surface area contributed by atoms with Gasteiger partial charge in [0.2, 0.25) is 11.5 Å². The lowest BCUT2D eigenvalue weighted by Gasteiger charge is -2.30. The zero-order valence-corrected chi connectivity index (χ0v) is 15.8. The molecule has 4 heteroatoms. The highest BCUT2D eigenvalue weighted by molar-refractivity contribution is 5.91. The number of hydrogen-bond acceptors (Lipinski definition) is 4. The molecule has 4 nitrogen and oxygen atoms in total. The third-order valence-corrected chi connectivity index (χ3v) is 4.98. The number of dihydropyridines is 1. The Kier molecular flexibility index (Phi) is 3.90. The Bertz CT molecular complexity index is 1100. The minimum Gasteiger partial charge on any atom is -0.374 e. The van der Waals surface area contributed by atoms with Gasteiger partial charge in [0.25, 0.3) is 0 Å². The number of aryl methyl sites for hydroxylation is 1. The molecular formula is C24H20N2O2. The molecule has 0 spiro atoms. The Morgan fingerprint density at radius 2 is 1.57 bits per heavy atom. The second-order valence-electron chi connectivity index (χ2n) is 7.11. The normalized spacial score (nSPS) is 17.5. The van der Waals surface area contributed by atoms with Crippen LogP contribution in [-0.2, 0) is 4.89 Å². The van der Waals surface area contributed by atoms with E-state index in [9.17, 15) is 0 Å². The van der Waals surface area contributed by atoms with E-state index in [0.29, 0.717) is 11.5 Å². The molecule has 1 unspecified atom stereocenters. The van der Waals surface area contributed by atoms with Crippen molar-refractivity contribution in [2.24, 2.45) is 0 Å². The van der Waals surface area contributed by atoms with Crippen LogP contribution in [0, 0.1) is 6.92 Å². The average Bonchev–Trinajstić information content (AvgIpc) is 2.74. The topological polar surface area (TPSA) is 43.4 Å². The lowest BCUT2D eigenvalue weighted by Crippen LogP contribution is -2.31. The van der Waals surface area contributed by atoms with Gasteiger partial charge in [0.1, 0.15) is 11.4 Å². The standard InChI is InChI=1S/C24H20N2O2/c1-15-13-19(17-9-5-3-6-10-17)23-21(25-15)22-24(28-27-23)20(14-16(2)26-22)18-11-7-4-8-12-18/h3-15,25H,1-2H3. The molecule has 0 fully saturated rings. The summed E-state index contributed by atoms with van der Waals surface area (Å²) in [6, 6.07) is 22.5. The Morgan fingerprint density at radius 3 is 2.29 bits per heavy atom. The van der Waals surface area contributed by atoms with Gasteiger partial charge in [-0.25, -0.2) is 4.98 Å². The Labute approximate surface area is 164 Å². The first kappa shape index (κ1) is 16.6. The van der Waals surface area contributed by atoms with Gasteiger partial charge in [0.05, 0.1) is 0 Å². The van der Waals surface area contributed by atoms with Crippen molar-refractivity contribution in [3.8, 4) is 16.9 Å². The maximum absolute atomic E-state index is 5.83. The van der Waals surface area contributed by atoms with Crippen LogP contribution in [0.1, 0.15) is 23.9 Å². The van der Waals surface area contributed by atoms with Crippen molar-refractivity contribution >= 4 is 11.3 Å². The molecule has 5 rings (SSSR count). The number of nitrogens with zero attached hydrogens (tertiary/aromatic N) is 1. The number of pyridine rings is 1. The molecule has 0 saturated carbocycles. The number of hydrogen-bond donors (Lipinski definition) is 1.